The van der Waals surface area contributed by atoms with Gasteiger partial charge >= 0.3 is 0 Å². The number of ether oxygens (including phenoxy) is 3. The number of nitrogens with zero attached hydrogens (tertiary/aromatic N) is 2. The summed E-state index contributed by atoms with van der Waals surface area (Å²) in [6.45, 7) is 2.10. The summed E-state index contributed by atoms with van der Waals surface area (Å²) >= 11 is 0. The average Bonchev–Trinajstić information content (AvgIpc) is 3.03. The molecule has 1 N–H and O–H groups in total. The summed E-state index contributed by atoms with van der Waals surface area (Å²) in [5, 5.41) is 11.3. The Balaban J connectivity index is 1.99. The molecule has 0 aliphatic rings. The van der Waals surface area contributed by atoms with Crippen molar-refractivity contribution in [3.8, 4) is 23.0 Å². The summed E-state index contributed by atoms with van der Waals surface area (Å²) in [7, 11) is 4.87. The molecule has 0 amide bonds. The molecule has 2 rings (SSSR count). The van der Waals surface area contributed by atoms with Crippen LogP contribution in [0, 0.1) is 0 Å². The van der Waals surface area contributed by atoms with Crippen LogP contribution in [0.15, 0.2) is 22.6 Å². The Hall–Kier alpha value is -2.12. The fourth-order valence-corrected chi connectivity index (χ4v) is 1.95. The fraction of sp³-hybridized carbons (Fsp3) is 0.467. The van der Waals surface area contributed by atoms with Crippen molar-refractivity contribution in [3.05, 3.63) is 24.1 Å². The fourth-order valence-electron chi connectivity index (χ4n) is 1.95. The van der Waals surface area contributed by atoms with Crippen LogP contribution in [-0.4, -0.2) is 44.7 Å². The zero-order valence-electron chi connectivity index (χ0n) is 13.1. The number of aromatic nitrogens is 2. The third-order valence-electron chi connectivity index (χ3n) is 3.08. The Morgan fingerprint density at radius 1 is 1.09 bits per heavy atom. The molecule has 0 unspecified atom stereocenters. The summed E-state index contributed by atoms with van der Waals surface area (Å²) in [5.41, 5.74) is 0.788. The molecule has 2 aromatic rings. The van der Waals surface area contributed by atoms with Crippen LogP contribution in [0.3, 0.4) is 0 Å². The Bertz CT molecular complexity index is 586. The Morgan fingerprint density at radius 3 is 2.64 bits per heavy atom. The minimum absolute atomic E-state index is 0.453. The quantitative estimate of drug-likeness (QED) is 0.709. The molecule has 0 aliphatic heterocycles. The smallest absolute Gasteiger partial charge is 0.247 e. The average molecular weight is 307 g/mol. The van der Waals surface area contributed by atoms with E-state index in [4.69, 9.17) is 18.6 Å². The van der Waals surface area contributed by atoms with Gasteiger partial charge in [-0.15, -0.1) is 10.2 Å². The molecule has 0 radical (unpaired) electrons. The van der Waals surface area contributed by atoms with Crippen molar-refractivity contribution in [3.63, 3.8) is 0 Å². The lowest BCUT2D eigenvalue weighted by Crippen LogP contribution is -2.16. The van der Waals surface area contributed by atoms with Crippen molar-refractivity contribution >= 4 is 0 Å². The molecule has 0 spiro atoms. The normalized spacial score (nSPS) is 10.7. The van der Waals surface area contributed by atoms with Gasteiger partial charge < -0.3 is 23.9 Å². The largest absolute Gasteiger partial charge is 0.493 e. The molecule has 0 saturated carbocycles. The zero-order chi connectivity index (χ0) is 15.8. The van der Waals surface area contributed by atoms with Gasteiger partial charge in [0, 0.05) is 19.3 Å². The van der Waals surface area contributed by atoms with Gasteiger partial charge in [0.1, 0.15) is 0 Å². The predicted octanol–water partition coefficient (Wildman–Crippen LogP) is 1.88. The first kappa shape index (κ1) is 16.3. The van der Waals surface area contributed by atoms with E-state index < -0.39 is 0 Å². The third-order valence-corrected chi connectivity index (χ3v) is 3.08. The van der Waals surface area contributed by atoms with Crippen molar-refractivity contribution in [2.24, 2.45) is 0 Å². The molecular weight excluding hydrogens is 286 g/mol. The maximum absolute atomic E-state index is 5.64. The predicted molar refractivity (Wildman–Crippen MR) is 81.0 cm³/mol. The van der Waals surface area contributed by atoms with E-state index in [1.807, 2.05) is 12.1 Å². The minimum atomic E-state index is 0.453. The summed E-state index contributed by atoms with van der Waals surface area (Å²) < 4.78 is 21.1. The van der Waals surface area contributed by atoms with E-state index in [1.54, 1.807) is 27.4 Å². The second-order valence-electron chi connectivity index (χ2n) is 4.59. The van der Waals surface area contributed by atoms with Crippen molar-refractivity contribution in [2.45, 2.75) is 13.0 Å². The first-order valence-corrected chi connectivity index (χ1v) is 7.03. The van der Waals surface area contributed by atoms with E-state index in [1.165, 1.54) is 0 Å². The number of nitrogens with one attached hydrogen (secondary N) is 1. The van der Waals surface area contributed by atoms with E-state index in [9.17, 15) is 0 Å². The lowest BCUT2D eigenvalue weighted by Gasteiger charge is -2.07. The van der Waals surface area contributed by atoms with E-state index in [-0.39, 0.29) is 0 Å². The molecule has 0 atom stereocenters. The molecule has 0 bridgehead atoms. The lowest BCUT2D eigenvalue weighted by atomic mass is 10.2. The van der Waals surface area contributed by atoms with Crippen LogP contribution in [0.2, 0.25) is 0 Å². The van der Waals surface area contributed by atoms with Crippen LogP contribution in [0.25, 0.3) is 11.5 Å². The summed E-state index contributed by atoms with van der Waals surface area (Å²) in [6.07, 6.45) is 0.938. The molecule has 1 heterocycles. The van der Waals surface area contributed by atoms with Crippen molar-refractivity contribution in [1.82, 2.24) is 15.5 Å². The summed E-state index contributed by atoms with van der Waals surface area (Å²) in [5.74, 6) is 2.28. The first-order valence-electron chi connectivity index (χ1n) is 7.03. The van der Waals surface area contributed by atoms with Gasteiger partial charge in [-0.25, -0.2) is 0 Å². The van der Waals surface area contributed by atoms with Gasteiger partial charge in [0.25, 0.3) is 0 Å². The first-order chi connectivity index (χ1) is 10.8. The van der Waals surface area contributed by atoms with E-state index in [2.05, 4.69) is 15.5 Å². The van der Waals surface area contributed by atoms with Gasteiger partial charge in [-0.2, -0.15) is 0 Å². The van der Waals surface area contributed by atoms with E-state index in [0.29, 0.717) is 29.8 Å². The van der Waals surface area contributed by atoms with Crippen LogP contribution in [0.4, 0.5) is 0 Å². The molecule has 0 saturated heterocycles. The molecule has 0 fully saturated rings. The highest BCUT2D eigenvalue weighted by Crippen LogP contribution is 2.31. The van der Waals surface area contributed by atoms with Crippen molar-refractivity contribution in [2.75, 3.05) is 34.5 Å². The summed E-state index contributed by atoms with van der Waals surface area (Å²) in [6, 6.07) is 5.47. The van der Waals surface area contributed by atoms with Gasteiger partial charge in [-0.1, -0.05) is 0 Å². The van der Waals surface area contributed by atoms with Crippen molar-refractivity contribution in [1.29, 1.82) is 0 Å². The topological polar surface area (TPSA) is 78.6 Å². The monoisotopic (exact) mass is 307 g/mol. The van der Waals surface area contributed by atoms with Crippen LogP contribution >= 0.6 is 0 Å². The Labute approximate surface area is 129 Å². The highest BCUT2D eigenvalue weighted by Gasteiger charge is 2.11. The second kappa shape index (κ2) is 8.35. The van der Waals surface area contributed by atoms with Gasteiger partial charge in [0.15, 0.2) is 11.5 Å². The zero-order valence-corrected chi connectivity index (χ0v) is 13.1. The molecule has 7 nitrogen and oxygen atoms in total. The Kier molecular flexibility index (Phi) is 6.17. The molecule has 22 heavy (non-hydrogen) atoms. The maximum Gasteiger partial charge on any atom is 0.247 e. The highest BCUT2D eigenvalue weighted by atomic mass is 16.5. The van der Waals surface area contributed by atoms with E-state index in [0.717, 1.165) is 25.1 Å². The number of hydrogen-bond donors (Lipinski definition) is 1. The molecule has 1 aromatic carbocycles. The van der Waals surface area contributed by atoms with Gasteiger partial charge in [0.2, 0.25) is 11.8 Å². The SMILES string of the molecule is COCCCNCc1nnc(-c2ccc(OC)c(OC)c2)o1. The van der Waals surface area contributed by atoms with Gasteiger partial charge in [-0.3, -0.25) is 0 Å². The van der Waals surface area contributed by atoms with Crippen LogP contribution in [0.1, 0.15) is 12.3 Å². The number of methoxy groups -OCH3 is 3. The molecule has 1 aromatic heterocycles. The number of rotatable bonds is 9. The van der Waals surface area contributed by atoms with Crippen LogP contribution in [0.5, 0.6) is 11.5 Å². The summed E-state index contributed by atoms with van der Waals surface area (Å²) in [4.78, 5) is 0. The number of benzene rings is 1. The maximum atomic E-state index is 5.64. The third kappa shape index (κ3) is 4.19. The lowest BCUT2D eigenvalue weighted by molar-refractivity contribution is 0.194. The molecule has 0 aliphatic carbocycles. The Morgan fingerprint density at radius 2 is 1.91 bits per heavy atom. The minimum Gasteiger partial charge on any atom is -0.493 e. The van der Waals surface area contributed by atoms with E-state index >= 15 is 0 Å². The standard InChI is InChI=1S/C15H21N3O4/c1-19-8-4-7-16-10-14-17-18-15(22-14)11-5-6-12(20-2)13(9-11)21-3/h5-6,9,16H,4,7-8,10H2,1-3H3. The van der Waals surface area contributed by atoms with Gasteiger partial charge in [-0.05, 0) is 31.2 Å². The second-order valence-corrected chi connectivity index (χ2v) is 4.59. The number of hydrogen-bond acceptors (Lipinski definition) is 7. The molecule has 120 valence electrons. The van der Waals surface area contributed by atoms with Crippen LogP contribution < -0.4 is 14.8 Å². The van der Waals surface area contributed by atoms with Gasteiger partial charge in [0.05, 0.1) is 20.8 Å². The molecule has 7 heteroatoms. The van der Waals surface area contributed by atoms with Crippen LogP contribution in [-0.2, 0) is 11.3 Å². The highest BCUT2D eigenvalue weighted by molar-refractivity contribution is 5.59. The van der Waals surface area contributed by atoms with Crippen molar-refractivity contribution < 1.29 is 18.6 Å². The molecular formula is C15H21N3O4.